The van der Waals surface area contributed by atoms with E-state index in [1.165, 1.54) is 17.6 Å². The van der Waals surface area contributed by atoms with Crippen LogP contribution in [-0.2, 0) is 10.0 Å². The van der Waals surface area contributed by atoms with E-state index in [0.29, 0.717) is 35.8 Å². The zero-order valence-corrected chi connectivity index (χ0v) is 18.6. The first-order valence-electron chi connectivity index (χ1n) is 9.53. The number of hydrogen-bond acceptors (Lipinski definition) is 7. The van der Waals surface area contributed by atoms with E-state index in [2.05, 4.69) is 9.88 Å². The lowest BCUT2D eigenvalue weighted by molar-refractivity contribution is 0.0853. The highest BCUT2D eigenvalue weighted by Crippen LogP contribution is 2.36. The topological polar surface area (TPSA) is 72.0 Å². The van der Waals surface area contributed by atoms with Crippen molar-refractivity contribution in [1.82, 2.24) is 14.2 Å². The van der Waals surface area contributed by atoms with Crippen molar-refractivity contribution in [3.05, 3.63) is 47.5 Å². The van der Waals surface area contributed by atoms with E-state index >= 15 is 0 Å². The predicted octanol–water partition coefficient (Wildman–Crippen LogP) is 3.80. The summed E-state index contributed by atoms with van der Waals surface area (Å²) >= 11 is 7.61. The second-order valence-electron chi connectivity index (χ2n) is 7.56. The Morgan fingerprint density at radius 3 is 2.57 bits per heavy atom. The molecule has 7 nitrogen and oxygen atoms in total. The van der Waals surface area contributed by atoms with E-state index in [9.17, 15) is 8.42 Å². The molecule has 2 bridgehead atoms. The van der Waals surface area contributed by atoms with Gasteiger partial charge in [0.15, 0.2) is 0 Å². The van der Waals surface area contributed by atoms with Crippen LogP contribution >= 0.6 is 22.9 Å². The van der Waals surface area contributed by atoms with E-state index in [-0.39, 0.29) is 12.1 Å². The van der Waals surface area contributed by atoms with Gasteiger partial charge in [-0.3, -0.25) is 4.90 Å². The van der Waals surface area contributed by atoms with Crippen LogP contribution in [0.4, 0.5) is 0 Å². The van der Waals surface area contributed by atoms with Gasteiger partial charge in [-0.1, -0.05) is 29.0 Å². The molecule has 0 N–H and O–H groups in total. The first-order valence-corrected chi connectivity index (χ1v) is 12.6. The summed E-state index contributed by atoms with van der Waals surface area (Å²) in [4.78, 5) is 6.65. The van der Waals surface area contributed by atoms with Crippen LogP contribution in [0, 0.1) is 0 Å². The molecule has 30 heavy (non-hydrogen) atoms. The molecule has 158 valence electrons. The molecule has 0 amide bonds. The van der Waals surface area contributed by atoms with Gasteiger partial charge >= 0.3 is 0 Å². The Hall–Kier alpha value is -1.91. The minimum absolute atomic E-state index is 0.0617. The molecule has 3 heterocycles. The van der Waals surface area contributed by atoms with E-state index < -0.39 is 10.0 Å². The fraction of sp³-hybridized carbons (Fsp3) is 0.350. The van der Waals surface area contributed by atoms with Crippen LogP contribution in [0.3, 0.4) is 0 Å². The summed E-state index contributed by atoms with van der Waals surface area (Å²) in [5.74, 6) is 1.40. The molecule has 5 rings (SSSR count). The minimum atomic E-state index is -3.13. The van der Waals surface area contributed by atoms with Gasteiger partial charge in [0.05, 0.1) is 21.5 Å². The Kier molecular flexibility index (Phi) is 5.11. The van der Waals surface area contributed by atoms with Crippen LogP contribution in [-0.4, -0.2) is 60.8 Å². The molecule has 1 aromatic heterocycles. The van der Waals surface area contributed by atoms with Gasteiger partial charge in [0.25, 0.3) is 5.19 Å². The first kappa shape index (κ1) is 20.0. The highest BCUT2D eigenvalue weighted by atomic mass is 35.5. The maximum absolute atomic E-state index is 11.8. The summed E-state index contributed by atoms with van der Waals surface area (Å²) in [6.45, 7) is 1.69. The molecule has 0 spiro atoms. The molecular weight excluding hydrogens is 446 g/mol. The maximum atomic E-state index is 11.8. The molecule has 3 aromatic rings. The second-order valence-corrected chi connectivity index (χ2v) is 10.9. The fourth-order valence-electron chi connectivity index (χ4n) is 4.08. The standard InChI is InChI=1S/C20H20ClN3O4S2/c1-30(25,26)24-11-13-9-14(24)10-23(13)12-27-15-5-7-16(8-6-15)28-20-22-18-4-2-3-17(21)19(18)29-20/h2-8,13-14H,9-12H2,1H3. The fourth-order valence-corrected chi connectivity index (χ4v) is 6.34. The van der Waals surface area contributed by atoms with Crippen molar-refractivity contribution < 1.29 is 17.9 Å². The van der Waals surface area contributed by atoms with Crippen molar-refractivity contribution >= 4 is 43.2 Å². The molecule has 10 heteroatoms. The van der Waals surface area contributed by atoms with Gasteiger partial charge in [0.1, 0.15) is 18.2 Å². The Balaban J connectivity index is 1.18. The van der Waals surface area contributed by atoms with Crippen molar-refractivity contribution in [3.8, 4) is 16.7 Å². The summed E-state index contributed by atoms with van der Waals surface area (Å²) in [7, 11) is -3.13. The van der Waals surface area contributed by atoms with Gasteiger partial charge in [0, 0.05) is 25.2 Å². The van der Waals surface area contributed by atoms with E-state index in [1.54, 1.807) is 4.31 Å². The zero-order chi connectivity index (χ0) is 20.9. The zero-order valence-electron chi connectivity index (χ0n) is 16.2. The van der Waals surface area contributed by atoms with Crippen LogP contribution in [0.15, 0.2) is 42.5 Å². The highest BCUT2D eigenvalue weighted by Gasteiger charge is 2.46. The number of hydrogen-bond donors (Lipinski definition) is 0. The lowest BCUT2D eigenvalue weighted by Gasteiger charge is -2.32. The first-order chi connectivity index (χ1) is 14.4. The van der Waals surface area contributed by atoms with E-state index in [4.69, 9.17) is 21.1 Å². The van der Waals surface area contributed by atoms with Gasteiger partial charge in [-0.05, 0) is 42.8 Å². The molecule has 2 atom stereocenters. The number of fused-ring (bicyclic) bond motifs is 3. The number of thiazole rings is 1. The van der Waals surface area contributed by atoms with Gasteiger partial charge < -0.3 is 9.47 Å². The number of likely N-dealkylation sites (tertiary alicyclic amines) is 1. The van der Waals surface area contributed by atoms with Crippen molar-refractivity contribution in [2.45, 2.75) is 18.5 Å². The van der Waals surface area contributed by atoms with Crippen molar-refractivity contribution in [1.29, 1.82) is 0 Å². The number of halogens is 1. The molecule has 2 aliphatic rings. The molecule has 0 saturated carbocycles. The summed E-state index contributed by atoms with van der Waals surface area (Å²) in [6, 6.07) is 13.3. The van der Waals surface area contributed by atoms with Gasteiger partial charge in [-0.15, -0.1) is 0 Å². The lowest BCUT2D eigenvalue weighted by atomic mass is 10.2. The SMILES string of the molecule is CS(=O)(=O)N1CC2CC1CN2COc1ccc(Oc2nc3cccc(Cl)c3s2)cc1. The van der Waals surface area contributed by atoms with Crippen molar-refractivity contribution in [3.63, 3.8) is 0 Å². The van der Waals surface area contributed by atoms with Crippen LogP contribution in [0.1, 0.15) is 6.42 Å². The Morgan fingerprint density at radius 1 is 1.13 bits per heavy atom. The molecule has 0 aliphatic carbocycles. The third-order valence-corrected chi connectivity index (χ3v) is 8.21. The quantitative estimate of drug-likeness (QED) is 0.551. The third-order valence-electron chi connectivity index (χ3n) is 5.50. The minimum Gasteiger partial charge on any atom is -0.478 e. The predicted molar refractivity (Wildman–Crippen MR) is 117 cm³/mol. The Bertz CT molecular complexity index is 1180. The maximum Gasteiger partial charge on any atom is 0.279 e. The molecule has 2 saturated heterocycles. The average Bonchev–Trinajstić information content (AvgIpc) is 3.41. The van der Waals surface area contributed by atoms with Gasteiger partial charge in [-0.25, -0.2) is 13.4 Å². The third kappa shape index (κ3) is 3.88. The van der Waals surface area contributed by atoms with Gasteiger partial charge in [0.2, 0.25) is 10.0 Å². The summed E-state index contributed by atoms with van der Waals surface area (Å²) < 4.78 is 37.9. The normalized spacial score (nSPS) is 22.1. The molecule has 0 radical (unpaired) electrons. The number of ether oxygens (including phenoxy) is 2. The summed E-state index contributed by atoms with van der Waals surface area (Å²) in [6.07, 6.45) is 2.15. The molecular formula is C20H20ClN3O4S2. The lowest BCUT2D eigenvalue weighted by Crippen LogP contribution is -2.49. The van der Waals surface area contributed by atoms with Crippen LogP contribution < -0.4 is 9.47 Å². The number of rotatable bonds is 6. The number of aromatic nitrogens is 1. The second kappa shape index (κ2) is 7.65. The van der Waals surface area contributed by atoms with Crippen molar-refractivity contribution in [2.75, 3.05) is 26.1 Å². The Labute approximate surface area is 183 Å². The van der Waals surface area contributed by atoms with Crippen LogP contribution in [0.5, 0.6) is 16.7 Å². The Morgan fingerprint density at radius 2 is 1.90 bits per heavy atom. The summed E-state index contributed by atoms with van der Waals surface area (Å²) in [5, 5.41) is 1.20. The average molecular weight is 466 g/mol. The van der Waals surface area contributed by atoms with Crippen LogP contribution in [0.2, 0.25) is 5.02 Å². The summed E-state index contributed by atoms with van der Waals surface area (Å²) in [5.41, 5.74) is 0.816. The van der Waals surface area contributed by atoms with Crippen LogP contribution in [0.25, 0.3) is 10.2 Å². The molecule has 2 unspecified atom stereocenters. The van der Waals surface area contributed by atoms with E-state index in [1.807, 2.05) is 42.5 Å². The molecule has 2 fully saturated rings. The number of piperazine rings is 1. The monoisotopic (exact) mass is 465 g/mol. The van der Waals surface area contributed by atoms with Gasteiger partial charge in [-0.2, -0.15) is 4.31 Å². The number of nitrogens with zero attached hydrogens (tertiary/aromatic N) is 3. The largest absolute Gasteiger partial charge is 0.478 e. The van der Waals surface area contributed by atoms with E-state index in [0.717, 1.165) is 22.4 Å². The molecule has 2 aliphatic heterocycles. The number of sulfonamides is 1. The number of benzene rings is 2. The smallest absolute Gasteiger partial charge is 0.279 e. The molecule has 2 aromatic carbocycles. The highest BCUT2D eigenvalue weighted by molar-refractivity contribution is 7.88. The van der Waals surface area contributed by atoms with Crippen molar-refractivity contribution in [2.24, 2.45) is 0 Å².